The van der Waals surface area contributed by atoms with Gasteiger partial charge >= 0.3 is 30.0 Å². The van der Waals surface area contributed by atoms with Crippen molar-refractivity contribution in [1.82, 2.24) is 5.32 Å². The maximum atomic E-state index is 15.5. The van der Waals surface area contributed by atoms with Gasteiger partial charge in [-0.1, -0.05) is 94.4 Å². The summed E-state index contributed by atoms with van der Waals surface area (Å²) in [6, 6.07) is 11.6. The van der Waals surface area contributed by atoms with E-state index in [1.807, 2.05) is 34.6 Å². The maximum Gasteiger partial charge on any atom is 0.407 e. The number of carbonyl (C=O) groups excluding carboxylic acids is 5. The molecule has 1 unspecified atom stereocenters. The number of hydrogen-bond donors (Lipinski definition) is 3. The Kier molecular flexibility index (Phi) is 18.9. The normalized spacial score (nSPS) is 30.8. The fourth-order valence-electron chi connectivity index (χ4n) is 12.7. The molecule has 2 bridgehead atoms. The molecule has 3 aliphatic carbocycles. The summed E-state index contributed by atoms with van der Waals surface area (Å²) in [4.78, 5) is 71.1. The Morgan fingerprint density at radius 2 is 1.42 bits per heavy atom. The summed E-state index contributed by atoms with van der Waals surface area (Å²) in [6.45, 7) is 30.8. The lowest BCUT2D eigenvalue weighted by Crippen LogP contribution is -2.83. The molecule has 1 aromatic rings. The Morgan fingerprint density at radius 3 is 1.90 bits per heavy atom. The van der Waals surface area contributed by atoms with Crippen molar-refractivity contribution in [2.45, 2.75) is 239 Å². The van der Waals surface area contributed by atoms with Gasteiger partial charge in [0.25, 0.3) is 0 Å². The predicted octanol–water partition coefficient (Wildman–Crippen LogP) is 9.35. The number of aliphatic hydroxyl groups excluding tert-OH is 1. The van der Waals surface area contributed by atoms with Gasteiger partial charge in [0.05, 0.1) is 30.2 Å². The van der Waals surface area contributed by atoms with Gasteiger partial charge in [-0.05, 0) is 99.6 Å². The molecule has 2 saturated carbocycles. The van der Waals surface area contributed by atoms with Crippen LogP contribution in [0.25, 0.3) is 0 Å². The Bertz CT molecular complexity index is 2150. The van der Waals surface area contributed by atoms with Crippen LogP contribution in [0.15, 0.2) is 41.5 Å². The Balaban J connectivity index is 1.86. The van der Waals surface area contributed by atoms with Crippen LogP contribution in [0.2, 0.25) is 36.3 Å². The third-order valence-electron chi connectivity index (χ3n) is 17.3. The number of carbonyl (C=O) groups is 5. The van der Waals surface area contributed by atoms with Crippen molar-refractivity contribution in [3.63, 3.8) is 0 Å². The molecule has 12 atom stereocenters. The first kappa shape index (κ1) is 60.2. The zero-order valence-electron chi connectivity index (χ0n) is 46.9. The summed E-state index contributed by atoms with van der Waals surface area (Å²) >= 11 is 0. The van der Waals surface area contributed by atoms with Gasteiger partial charge in [0, 0.05) is 37.5 Å². The van der Waals surface area contributed by atoms with E-state index in [4.69, 9.17) is 37.3 Å². The number of benzene rings is 1. The second-order valence-corrected chi connectivity index (χ2v) is 32.8. The molecule has 412 valence electrons. The van der Waals surface area contributed by atoms with Gasteiger partial charge in [0.1, 0.15) is 35.6 Å². The van der Waals surface area contributed by atoms with Crippen molar-refractivity contribution >= 4 is 46.6 Å². The van der Waals surface area contributed by atoms with Gasteiger partial charge in [0.15, 0.2) is 34.4 Å². The minimum absolute atomic E-state index is 0.0289. The van der Waals surface area contributed by atoms with Crippen LogP contribution in [0.1, 0.15) is 147 Å². The molecule has 3 N–H and O–H groups in total. The standard InChI is InChI=1S/C55H89NO15Si2/c1-18-72(19-2,20-3)70-40-30-41-54(32-64-41,68-36(11)58)45-47(67-48(60)37-27-25-24-26-28-37)55(63)31-39(34(9)42(52(55,15)16)44(65-35(10)57)46(59)53(40,45)17)66-49(61)43(71-73(21-4,22-5)23-6)38(29-33(7)8)56-50(62)69-51(12,13)14/h24-28,33,38-41,43-47,59,63H,18-23,29-32H2,1-17H3,(H,56,62)/t38-,39-,40-,41+,43?,44-,45-,46-,47-,53+,54-,55+/m0/s1. The van der Waals surface area contributed by atoms with E-state index in [1.165, 1.54) is 13.8 Å². The molecule has 0 radical (unpaired) electrons. The zero-order valence-corrected chi connectivity index (χ0v) is 48.9. The average molecular weight is 1060 g/mol. The van der Waals surface area contributed by atoms with Crippen molar-refractivity contribution in [2.75, 3.05) is 6.61 Å². The summed E-state index contributed by atoms with van der Waals surface area (Å²) in [5.41, 5.74) is -7.08. The first-order valence-corrected chi connectivity index (χ1v) is 31.9. The van der Waals surface area contributed by atoms with Gasteiger partial charge < -0.3 is 52.8 Å². The number of alkyl carbamates (subject to hydrolysis) is 1. The average Bonchev–Trinajstić information content (AvgIpc) is 3.30. The second kappa shape index (κ2) is 22.9. The van der Waals surface area contributed by atoms with E-state index in [9.17, 15) is 29.4 Å². The van der Waals surface area contributed by atoms with Crippen LogP contribution in [0.4, 0.5) is 4.79 Å². The number of nitrogens with one attached hydrogen (secondary N) is 1. The summed E-state index contributed by atoms with van der Waals surface area (Å²) in [7, 11) is -5.26. The van der Waals surface area contributed by atoms with Gasteiger partial charge in [0.2, 0.25) is 0 Å². The fourth-order valence-corrected chi connectivity index (χ4v) is 18.5. The third-order valence-corrected chi connectivity index (χ3v) is 26.6. The van der Waals surface area contributed by atoms with Crippen molar-refractivity contribution in [1.29, 1.82) is 0 Å². The summed E-state index contributed by atoms with van der Waals surface area (Å²) < 4.78 is 52.8. The predicted molar refractivity (Wildman–Crippen MR) is 280 cm³/mol. The number of hydrogen-bond acceptors (Lipinski definition) is 15. The van der Waals surface area contributed by atoms with E-state index in [2.05, 4.69) is 26.1 Å². The van der Waals surface area contributed by atoms with E-state index >= 15 is 4.79 Å². The largest absolute Gasteiger partial charge is 0.456 e. The molecule has 4 aliphatic rings. The molecule has 5 rings (SSSR count). The van der Waals surface area contributed by atoms with Crippen LogP contribution in [0, 0.1) is 22.7 Å². The highest BCUT2D eigenvalue weighted by atomic mass is 28.4. The van der Waals surface area contributed by atoms with Crippen molar-refractivity contribution in [2.24, 2.45) is 22.7 Å². The van der Waals surface area contributed by atoms with Crippen LogP contribution in [0.5, 0.6) is 0 Å². The second-order valence-electron chi connectivity index (χ2n) is 23.4. The van der Waals surface area contributed by atoms with Crippen LogP contribution in [-0.2, 0) is 51.7 Å². The minimum atomic E-state index is -2.67. The fraction of sp³-hybridized carbons (Fsp3) is 0.764. The molecule has 1 heterocycles. The number of fused-ring (bicyclic) bond motifs is 5. The Hall–Kier alpha value is -3.66. The molecule has 1 amide bonds. The highest BCUT2D eigenvalue weighted by Gasteiger charge is 2.78. The van der Waals surface area contributed by atoms with E-state index in [0.29, 0.717) is 30.1 Å². The first-order valence-electron chi connectivity index (χ1n) is 26.9. The van der Waals surface area contributed by atoms with Crippen molar-refractivity contribution in [3.8, 4) is 0 Å². The molecular weight excluding hydrogens is 971 g/mol. The number of amides is 1. The topological polar surface area (TPSA) is 212 Å². The molecular formula is C55H89NO15Si2. The number of ether oxygens (including phenoxy) is 6. The van der Waals surface area contributed by atoms with Gasteiger partial charge in [-0.15, -0.1) is 0 Å². The lowest BCUT2D eigenvalue weighted by molar-refractivity contribution is -0.363. The van der Waals surface area contributed by atoms with E-state index in [0.717, 1.165) is 18.1 Å². The van der Waals surface area contributed by atoms with Gasteiger partial charge in [-0.3, -0.25) is 9.59 Å². The molecule has 1 saturated heterocycles. The molecule has 0 aromatic heterocycles. The highest BCUT2D eigenvalue weighted by molar-refractivity contribution is 6.74. The van der Waals surface area contributed by atoms with Gasteiger partial charge in [-0.2, -0.15) is 0 Å². The molecule has 73 heavy (non-hydrogen) atoms. The lowest BCUT2D eigenvalue weighted by Gasteiger charge is -2.70. The van der Waals surface area contributed by atoms with E-state index in [1.54, 1.807) is 78.8 Å². The van der Waals surface area contributed by atoms with E-state index < -0.39 is 129 Å². The van der Waals surface area contributed by atoms with Crippen molar-refractivity contribution < 1.29 is 71.5 Å². The highest BCUT2D eigenvalue weighted by Crippen LogP contribution is 2.66. The quantitative estimate of drug-likeness (QED) is 0.0481. The van der Waals surface area contributed by atoms with Crippen LogP contribution < -0.4 is 5.32 Å². The molecule has 3 fully saturated rings. The number of esters is 4. The van der Waals surface area contributed by atoms with Crippen molar-refractivity contribution in [3.05, 3.63) is 47.0 Å². The third kappa shape index (κ3) is 11.7. The van der Waals surface area contributed by atoms with Gasteiger partial charge in [-0.25, -0.2) is 14.4 Å². The molecule has 0 spiro atoms. The first-order chi connectivity index (χ1) is 33.9. The minimum Gasteiger partial charge on any atom is -0.456 e. The van der Waals surface area contributed by atoms with E-state index in [-0.39, 0.29) is 36.5 Å². The SMILES string of the molecule is CC[Si](CC)(CC)OC(C(=O)O[C@H]1C[C@@]2(O)[C@@H](OC(=O)c3ccccc3)[C@@H]3[C@]4(OC(C)=O)CO[C@@H]4C[C@H](O[Si](CC)(CC)CC)[C@@]3(C)[C@@H](O)[C@@H](OC(C)=O)C(=C1C)C2(C)C)[C@H](CC(C)C)NC(=O)OC(C)(C)C. The Labute approximate surface area is 436 Å². The monoisotopic (exact) mass is 1060 g/mol. The van der Waals surface area contributed by atoms with Crippen LogP contribution in [0.3, 0.4) is 0 Å². The molecule has 1 aromatic carbocycles. The summed E-state index contributed by atoms with van der Waals surface area (Å²) in [5, 5.41) is 31.0. The molecule has 18 heteroatoms. The number of aliphatic hydroxyl groups is 2. The van der Waals surface area contributed by atoms with Crippen LogP contribution >= 0.6 is 0 Å². The lowest BCUT2D eigenvalue weighted by atomic mass is 9.44. The van der Waals surface area contributed by atoms with Crippen LogP contribution in [-0.4, -0.2) is 129 Å². The summed E-state index contributed by atoms with van der Waals surface area (Å²) in [5.74, 6) is -4.35. The molecule has 16 nitrogen and oxygen atoms in total. The summed E-state index contributed by atoms with van der Waals surface area (Å²) in [6.07, 6.45) is -9.83. The smallest absolute Gasteiger partial charge is 0.407 e. The Morgan fingerprint density at radius 1 is 0.849 bits per heavy atom. The zero-order chi connectivity index (χ0) is 54.9. The maximum absolute atomic E-state index is 15.5. The molecule has 1 aliphatic heterocycles. The number of rotatable bonds is 20.